The Morgan fingerprint density at radius 3 is 1.07 bits per heavy atom. The van der Waals surface area contributed by atoms with Gasteiger partial charge < -0.3 is 45.9 Å². The van der Waals surface area contributed by atoms with E-state index in [9.17, 15) is 0 Å². The Bertz CT molecular complexity index is 2190. The third kappa shape index (κ3) is 15.8. The van der Waals surface area contributed by atoms with Crippen LogP contribution in [0, 0.1) is 0 Å². The summed E-state index contributed by atoms with van der Waals surface area (Å²) in [6.07, 6.45) is 0. The lowest BCUT2D eigenvalue weighted by atomic mass is 10.2. The van der Waals surface area contributed by atoms with Gasteiger partial charge in [0.15, 0.2) is 40.6 Å². The van der Waals surface area contributed by atoms with Crippen molar-refractivity contribution in [2.45, 2.75) is 0 Å². The lowest BCUT2D eigenvalue weighted by molar-refractivity contribution is 0.0398. The van der Waals surface area contributed by atoms with E-state index >= 15 is 0 Å². The van der Waals surface area contributed by atoms with Crippen LogP contribution < -0.4 is 27.0 Å². The number of ether oxygens (including phenoxy) is 4. The van der Waals surface area contributed by atoms with E-state index in [2.05, 4.69) is 51.1 Å². The zero-order valence-corrected chi connectivity index (χ0v) is 39.8. The number of hydrogen-bond donors (Lipinski definition) is 5. The molecular formula is C50H71N15O4. The van der Waals surface area contributed by atoms with Crippen molar-refractivity contribution in [3.63, 3.8) is 0 Å². The molecule has 2 aromatic heterocycles. The number of morpholine rings is 4. The van der Waals surface area contributed by atoms with Crippen molar-refractivity contribution in [3.05, 3.63) is 91.0 Å². The average Bonchev–Trinajstić information content (AvgIpc) is 3.41. The second-order valence-electron chi connectivity index (χ2n) is 17.0. The van der Waals surface area contributed by atoms with Crippen LogP contribution in [0.2, 0.25) is 0 Å². The topological polar surface area (TPSA) is 200 Å². The van der Waals surface area contributed by atoms with Gasteiger partial charge in [0.25, 0.3) is 0 Å². The number of azo groups is 1. The van der Waals surface area contributed by atoms with Crippen LogP contribution in [-0.4, -0.2) is 197 Å². The molecule has 4 aliphatic heterocycles. The maximum Gasteiger partial charge on any atom is 0.170 e. The van der Waals surface area contributed by atoms with Crippen molar-refractivity contribution >= 4 is 40.3 Å². The van der Waals surface area contributed by atoms with E-state index in [1.807, 2.05) is 91.0 Å². The van der Waals surface area contributed by atoms with E-state index in [1.165, 1.54) is 0 Å². The zero-order valence-electron chi connectivity index (χ0n) is 39.8. The fourth-order valence-electron chi connectivity index (χ4n) is 8.20. The smallest absolute Gasteiger partial charge is 0.170 e. The van der Waals surface area contributed by atoms with Gasteiger partial charge in [-0.15, -0.1) is 5.11 Å². The van der Waals surface area contributed by atoms with Crippen LogP contribution in [0.4, 0.5) is 40.3 Å². The molecule has 6 heterocycles. The molecule has 0 atom stereocenters. The first-order chi connectivity index (χ1) is 34.1. The summed E-state index contributed by atoms with van der Waals surface area (Å²) in [4.78, 5) is 28.8. The van der Waals surface area contributed by atoms with Crippen molar-refractivity contribution in [1.29, 1.82) is 0 Å². The van der Waals surface area contributed by atoms with E-state index in [0.29, 0.717) is 46.3 Å². The zero-order chi connectivity index (χ0) is 47.1. The summed E-state index contributed by atoms with van der Waals surface area (Å²) < 4.78 is 21.8. The van der Waals surface area contributed by atoms with E-state index in [4.69, 9.17) is 44.6 Å². The predicted octanol–water partition coefficient (Wildman–Crippen LogP) is 5.51. The van der Waals surface area contributed by atoms with Crippen LogP contribution in [0.25, 0.3) is 22.8 Å². The minimum Gasteiger partial charge on any atom is -0.393 e. The number of nitrogens with one attached hydrogen (secondary N) is 4. The molecule has 4 aliphatic rings. The summed E-state index contributed by atoms with van der Waals surface area (Å²) in [5.41, 5.74) is 10.3. The average molecular weight is 946 g/mol. The molecule has 370 valence electrons. The lowest BCUT2D eigenvalue weighted by Gasteiger charge is -2.27. The van der Waals surface area contributed by atoms with E-state index < -0.39 is 0 Å². The highest BCUT2D eigenvalue weighted by Crippen LogP contribution is 2.35. The standard InChI is InChI=1S/C28H36N8O2.C22H33N7O2.H2/c1-3-7-23(8-4-1)26-31-27(29-11-13-35-15-19-37-20-16-35)25(34-33-24-9-5-2-6-10-24)28(32-26)30-12-14-36-17-21-38-22-18-36;23-19-21(24-6-8-28-10-14-30-15-11-28)26-20(18-4-2-1-3-5-18)27-22(19)25-7-9-29-12-16-31-17-13-29;/h1-10H,11-22H2,(H2,29,30,31,32);1-5H,6-17,23H2,(H2,24,25,26,27);1H. The summed E-state index contributed by atoms with van der Waals surface area (Å²) in [5.74, 6) is 4.00. The number of anilines is 5. The highest BCUT2D eigenvalue weighted by atomic mass is 16.5. The second-order valence-corrected chi connectivity index (χ2v) is 17.0. The second kappa shape index (κ2) is 27.3. The first-order valence-electron chi connectivity index (χ1n) is 24.5. The number of benzene rings is 3. The minimum absolute atomic E-state index is 0. The van der Waals surface area contributed by atoms with Gasteiger partial charge in [0.1, 0.15) is 5.69 Å². The molecule has 0 spiro atoms. The van der Waals surface area contributed by atoms with Gasteiger partial charge in [-0.1, -0.05) is 78.9 Å². The third-order valence-corrected chi connectivity index (χ3v) is 12.2. The molecule has 4 saturated heterocycles. The molecule has 5 aromatic rings. The largest absolute Gasteiger partial charge is 0.393 e. The number of aromatic nitrogens is 4. The first-order valence-corrected chi connectivity index (χ1v) is 24.5. The molecule has 9 rings (SSSR count). The highest BCUT2D eigenvalue weighted by Gasteiger charge is 2.19. The van der Waals surface area contributed by atoms with Crippen molar-refractivity contribution < 1.29 is 20.4 Å². The van der Waals surface area contributed by atoms with Gasteiger partial charge in [-0.25, -0.2) is 19.9 Å². The number of nitrogen functional groups attached to an aromatic ring is 1. The maximum atomic E-state index is 6.45. The molecule has 0 bridgehead atoms. The maximum absolute atomic E-state index is 6.45. The number of nitrogens with zero attached hydrogens (tertiary/aromatic N) is 10. The summed E-state index contributed by atoms with van der Waals surface area (Å²) in [5, 5.41) is 23.1. The minimum atomic E-state index is 0. The molecule has 4 fully saturated rings. The van der Waals surface area contributed by atoms with E-state index in [0.717, 1.165) is 174 Å². The van der Waals surface area contributed by atoms with Crippen molar-refractivity contribution in [1.82, 2.24) is 39.5 Å². The Kier molecular flexibility index (Phi) is 19.6. The molecule has 0 aliphatic carbocycles. The van der Waals surface area contributed by atoms with Crippen molar-refractivity contribution in [3.8, 4) is 22.8 Å². The molecule has 19 nitrogen and oxygen atoms in total. The Labute approximate surface area is 407 Å². The molecule has 6 N–H and O–H groups in total. The summed E-state index contributed by atoms with van der Waals surface area (Å²) in [6, 6.07) is 29.8. The van der Waals surface area contributed by atoms with Gasteiger partial charge in [-0.2, -0.15) is 5.11 Å². The van der Waals surface area contributed by atoms with Crippen LogP contribution in [-0.2, 0) is 18.9 Å². The number of hydrogen-bond acceptors (Lipinski definition) is 19. The summed E-state index contributed by atoms with van der Waals surface area (Å²) in [7, 11) is 0. The van der Waals surface area contributed by atoms with E-state index in [-0.39, 0.29) is 1.43 Å². The van der Waals surface area contributed by atoms with Crippen molar-refractivity contribution in [2.24, 2.45) is 10.2 Å². The fourth-order valence-corrected chi connectivity index (χ4v) is 8.20. The molecule has 0 radical (unpaired) electrons. The third-order valence-electron chi connectivity index (χ3n) is 12.2. The van der Waals surface area contributed by atoms with Crippen LogP contribution in [0.1, 0.15) is 1.43 Å². The van der Waals surface area contributed by atoms with Crippen LogP contribution in [0.5, 0.6) is 0 Å². The van der Waals surface area contributed by atoms with Crippen LogP contribution >= 0.6 is 0 Å². The number of nitrogens with two attached hydrogens (primary N) is 1. The molecule has 0 saturated carbocycles. The van der Waals surface area contributed by atoms with E-state index in [1.54, 1.807) is 0 Å². The molecule has 69 heavy (non-hydrogen) atoms. The van der Waals surface area contributed by atoms with Gasteiger partial charge >= 0.3 is 0 Å². The number of rotatable bonds is 20. The molecular weight excluding hydrogens is 875 g/mol. The van der Waals surface area contributed by atoms with Gasteiger partial charge in [0, 0.05) is 117 Å². The van der Waals surface area contributed by atoms with Crippen molar-refractivity contribution in [2.75, 3.05) is 185 Å². The molecule has 0 unspecified atom stereocenters. The lowest BCUT2D eigenvalue weighted by Crippen LogP contribution is -2.39. The molecule has 19 heteroatoms. The first kappa shape index (κ1) is 49.5. The monoisotopic (exact) mass is 946 g/mol. The molecule has 3 aromatic carbocycles. The Morgan fingerprint density at radius 1 is 0.420 bits per heavy atom. The van der Waals surface area contributed by atoms with Crippen LogP contribution in [0.15, 0.2) is 101 Å². The Morgan fingerprint density at radius 2 is 0.725 bits per heavy atom. The Hall–Kier alpha value is -5.90. The summed E-state index contributed by atoms with van der Waals surface area (Å²) >= 11 is 0. The highest BCUT2D eigenvalue weighted by molar-refractivity contribution is 5.78. The van der Waals surface area contributed by atoms with Gasteiger partial charge in [0.2, 0.25) is 0 Å². The predicted molar refractivity (Wildman–Crippen MR) is 275 cm³/mol. The molecule has 0 amide bonds. The quantitative estimate of drug-likeness (QED) is 0.0612. The van der Waals surface area contributed by atoms with Gasteiger partial charge in [-0.05, 0) is 12.1 Å². The SMILES string of the molecule is Nc1c(NCCN2CCOCC2)nc(-c2ccccc2)nc1NCCN1CCOCC1.[HH].c1ccc(N=Nc2c(NCCN3CCOCC3)nc(-c3ccccc3)nc2NCCN2CCOCC2)cc1. The van der Waals surface area contributed by atoms with Gasteiger partial charge in [-0.3, -0.25) is 19.6 Å². The normalized spacial score (nSPS) is 17.5. The fraction of sp³-hybridized carbons (Fsp3) is 0.480. The summed E-state index contributed by atoms with van der Waals surface area (Å²) in [6.45, 7) is 20.5. The van der Waals surface area contributed by atoms with Gasteiger partial charge in [0.05, 0.1) is 58.5 Å². The Balaban J connectivity index is 0.000000208. The van der Waals surface area contributed by atoms with Crippen LogP contribution in [0.3, 0.4) is 0 Å².